The highest BCUT2D eigenvalue weighted by Gasteiger charge is 2.24. The minimum Gasteiger partial charge on any atom is -0.493 e. The molecule has 0 radical (unpaired) electrons. The summed E-state index contributed by atoms with van der Waals surface area (Å²) in [7, 11) is 3.31. The molecule has 0 fully saturated rings. The summed E-state index contributed by atoms with van der Waals surface area (Å²) in [5.74, 6) is 1.53. The van der Waals surface area contributed by atoms with Gasteiger partial charge in [0.15, 0.2) is 11.5 Å². The van der Waals surface area contributed by atoms with Crippen molar-refractivity contribution in [3.8, 4) is 11.5 Å². The van der Waals surface area contributed by atoms with E-state index in [1.54, 1.807) is 14.2 Å². The van der Waals surface area contributed by atoms with Crippen LogP contribution in [0.2, 0.25) is 0 Å². The Balaban J connectivity index is 3.15. The first-order valence-electron chi connectivity index (χ1n) is 6.10. The summed E-state index contributed by atoms with van der Waals surface area (Å²) in [5, 5.41) is 3.19. The first-order valence-corrected chi connectivity index (χ1v) is 6.10. The van der Waals surface area contributed by atoms with Gasteiger partial charge in [-0.1, -0.05) is 13.8 Å². The Morgan fingerprint density at radius 2 is 1.72 bits per heavy atom. The summed E-state index contributed by atoms with van der Waals surface area (Å²) >= 11 is 0. The van der Waals surface area contributed by atoms with Crippen molar-refractivity contribution >= 4 is 0 Å². The van der Waals surface area contributed by atoms with Crippen LogP contribution in [0.4, 0.5) is 0 Å². The predicted molar refractivity (Wildman–Crippen MR) is 74.4 cm³/mol. The number of nitrogens with one attached hydrogen (secondary N) is 1. The van der Waals surface area contributed by atoms with Crippen molar-refractivity contribution in [3.63, 3.8) is 0 Å². The minimum absolute atomic E-state index is 0.0109. The summed E-state index contributed by atoms with van der Waals surface area (Å²) in [6.45, 7) is 7.75. The van der Waals surface area contributed by atoms with Gasteiger partial charge in [0.1, 0.15) is 0 Å². The van der Waals surface area contributed by atoms with Gasteiger partial charge < -0.3 is 20.5 Å². The molecule has 0 aliphatic carbocycles. The van der Waals surface area contributed by atoms with Crippen LogP contribution in [0.5, 0.6) is 11.5 Å². The zero-order valence-corrected chi connectivity index (χ0v) is 12.0. The molecular formula is C14H24N2O2. The Hall–Kier alpha value is -1.26. The molecule has 3 N–H and O–H groups in total. The molecule has 0 spiro atoms. The van der Waals surface area contributed by atoms with Gasteiger partial charge in [0.25, 0.3) is 0 Å². The molecule has 102 valence electrons. The SMILES string of the molecule is COc1cc(C)c(C(C)(C)CNCN)cc1OC. The molecule has 1 aromatic carbocycles. The molecule has 4 heteroatoms. The fourth-order valence-corrected chi connectivity index (χ4v) is 2.19. The van der Waals surface area contributed by atoms with Gasteiger partial charge in [-0.25, -0.2) is 0 Å². The maximum Gasteiger partial charge on any atom is 0.161 e. The molecule has 0 bridgehead atoms. The molecule has 0 unspecified atom stereocenters. The second kappa shape index (κ2) is 6.07. The zero-order chi connectivity index (χ0) is 13.8. The van der Waals surface area contributed by atoms with Crippen LogP contribution in [0, 0.1) is 6.92 Å². The normalized spacial score (nSPS) is 11.4. The van der Waals surface area contributed by atoms with E-state index in [0.29, 0.717) is 6.67 Å². The van der Waals surface area contributed by atoms with Gasteiger partial charge in [-0.05, 0) is 30.2 Å². The van der Waals surface area contributed by atoms with Crippen LogP contribution in [0.3, 0.4) is 0 Å². The Morgan fingerprint density at radius 1 is 1.17 bits per heavy atom. The van der Waals surface area contributed by atoms with Crippen molar-refractivity contribution in [2.45, 2.75) is 26.2 Å². The summed E-state index contributed by atoms with van der Waals surface area (Å²) in [4.78, 5) is 0. The molecule has 0 aromatic heterocycles. The van der Waals surface area contributed by atoms with E-state index in [0.717, 1.165) is 18.0 Å². The van der Waals surface area contributed by atoms with E-state index < -0.39 is 0 Å². The largest absolute Gasteiger partial charge is 0.493 e. The van der Waals surface area contributed by atoms with E-state index in [1.807, 2.05) is 12.1 Å². The average molecular weight is 252 g/mol. The Morgan fingerprint density at radius 3 is 2.22 bits per heavy atom. The van der Waals surface area contributed by atoms with Gasteiger partial charge in [-0.15, -0.1) is 0 Å². The van der Waals surface area contributed by atoms with Crippen molar-refractivity contribution in [3.05, 3.63) is 23.3 Å². The Bertz CT molecular complexity index is 403. The highest BCUT2D eigenvalue weighted by Crippen LogP contribution is 2.35. The van der Waals surface area contributed by atoms with Crippen molar-refractivity contribution < 1.29 is 9.47 Å². The van der Waals surface area contributed by atoms with E-state index in [9.17, 15) is 0 Å². The van der Waals surface area contributed by atoms with Gasteiger partial charge in [0.05, 0.1) is 14.2 Å². The molecule has 4 nitrogen and oxygen atoms in total. The second-order valence-corrected chi connectivity index (χ2v) is 5.04. The minimum atomic E-state index is -0.0109. The molecule has 0 saturated carbocycles. The fraction of sp³-hybridized carbons (Fsp3) is 0.571. The van der Waals surface area contributed by atoms with Crippen LogP contribution in [0.1, 0.15) is 25.0 Å². The van der Waals surface area contributed by atoms with E-state index in [4.69, 9.17) is 15.2 Å². The van der Waals surface area contributed by atoms with Crippen LogP contribution in [-0.4, -0.2) is 27.4 Å². The monoisotopic (exact) mass is 252 g/mol. The molecule has 0 saturated heterocycles. The topological polar surface area (TPSA) is 56.5 Å². The van der Waals surface area contributed by atoms with Crippen molar-refractivity contribution in [2.75, 3.05) is 27.4 Å². The summed E-state index contributed by atoms with van der Waals surface area (Å²) in [6.07, 6.45) is 0. The zero-order valence-electron chi connectivity index (χ0n) is 12.0. The highest BCUT2D eigenvalue weighted by atomic mass is 16.5. The second-order valence-electron chi connectivity index (χ2n) is 5.04. The maximum atomic E-state index is 5.50. The molecule has 0 aliphatic heterocycles. The lowest BCUT2D eigenvalue weighted by molar-refractivity contribution is 0.352. The molecular weight excluding hydrogens is 228 g/mol. The lowest BCUT2D eigenvalue weighted by atomic mass is 9.81. The third kappa shape index (κ3) is 3.15. The average Bonchev–Trinajstić information content (AvgIpc) is 2.35. The Kier molecular flexibility index (Phi) is 4.99. The number of benzene rings is 1. The first-order chi connectivity index (χ1) is 8.46. The number of rotatable bonds is 6. The van der Waals surface area contributed by atoms with Gasteiger partial charge in [-0.3, -0.25) is 0 Å². The molecule has 1 rings (SSSR count). The third-order valence-electron chi connectivity index (χ3n) is 3.17. The lowest BCUT2D eigenvalue weighted by Gasteiger charge is -2.28. The van der Waals surface area contributed by atoms with Crippen LogP contribution in [0.25, 0.3) is 0 Å². The number of hydrogen-bond donors (Lipinski definition) is 2. The lowest BCUT2D eigenvalue weighted by Crippen LogP contribution is -2.36. The molecule has 0 heterocycles. The molecule has 0 amide bonds. The summed E-state index contributed by atoms with van der Waals surface area (Å²) in [5.41, 5.74) is 7.92. The predicted octanol–water partition coefficient (Wildman–Crippen LogP) is 1.80. The first kappa shape index (κ1) is 14.8. The van der Waals surface area contributed by atoms with Gasteiger partial charge in [0.2, 0.25) is 0 Å². The van der Waals surface area contributed by atoms with Gasteiger partial charge >= 0.3 is 0 Å². The molecule has 18 heavy (non-hydrogen) atoms. The van der Waals surface area contributed by atoms with Crippen LogP contribution in [-0.2, 0) is 5.41 Å². The number of nitrogens with two attached hydrogens (primary N) is 1. The molecule has 0 atom stereocenters. The van der Waals surface area contributed by atoms with E-state index in [-0.39, 0.29) is 5.41 Å². The van der Waals surface area contributed by atoms with Crippen LogP contribution >= 0.6 is 0 Å². The van der Waals surface area contributed by atoms with Crippen LogP contribution < -0.4 is 20.5 Å². The standard InChI is InChI=1S/C14H24N2O2/c1-10-6-12(17-4)13(18-5)7-11(10)14(2,3)8-16-9-15/h6-7,16H,8-9,15H2,1-5H3. The maximum absolute atomic E-state index is 5.50. The van der Waals surface area contributed by atoms with Crippen LogP contribution in [0.15, 0.2) is 12.1 Å². The van der Waals surface area contributed by atoms with Crippen molar-refractivity contribution in [1.82, 2.24) is 5.32 Å². The summed E-state index contributed by atoms with van der Waals surface area (Å²) < 4.78 is 10.7. The molecule has 1 aromatic rings. The fourth-order valence-electron chi connectivity index (χ4n) is 2.19. The van der Waals surface area contributed by atoms with E-state index >= 15 is 0 Å². The van der Waals surface area contributed by atoms with Crippen molar-refractivity contribution in [2.24, 2.45) is 5.73 Å². The smallest absolute Gasteiger partial charge is 0.161 e. The number of ether oxygens (including phenoxy) is 2. The van der Waals surface area contributed by atoms with E-state index in [2.05, 4.69) is 26.1 Å². The molecule has 0 aliphatic rings. The van der Waals surface area contributed by atoms with Gasteiger partial charge in [-0.2, -0.15) is 0 Å². The Labute approximate surface area is 109 Å². The third-order valence-corrected chi connectivity index (χ3v) is 3.17. The quantitative estimate of drug-likeness (QED) is 0.758. The van der Waals surface area contributed by atoms with E-state index in [1.165, 1.54) is 11.1 Å². The highest BCUT2D eigenvalue weighted by molar-refractivity contribution is 5.49. The number of hydrogen-bond acceptors (Lipinski definition) is 4. The number of aryl methyl sites for hydroxylation is 1. The van der Waals surface area contributed by atoms with Crippen molar-refractivity contribution in [1.29, 1.82) is 0 Å². The summed E-state index contributed by atoms with van der Waals surface area (Å²) in [6, 6.07) is 4.06. The number of methoxy groups -OCH3 is 2. The van der Waals surface area contributed by atoms with Gasteiger partial charge in [0, 0.05) is 18.6 Å².